The van der Waals surface area contributed by atoms with Gasteiger partial charge in [-0.05, 0) is 61.7 Å². The fourth-order valence-electron chi connectivity index (χ4n) is 6.81. The maximum Gasteiger partial charge on any atom is 0.338 e. The Morgan fingerprint density at radius 3 is 2.30 bits per heavy atom. The number of hydrogen-bond donors (Lipinski definition) is 1. The van der Waals surface area contributed by atoms with Crippen LogP contribution < -0.4 is 0 Å². The first-order chi connectivity index (χ1) is 18.4. The molecule has 1 aromatic carbocycles. The molecular formula is C33H48O6Si. The van der Waals surface area contributed by atoms with Crippen LogP contribution in [0.5, 0.6) is 0 Å². The second kappa shape index (κ2) is 10.2. The molecular weight excluding hydrogens is 520 g/mol. The predicted molar refractivity (Wildman–Crippen MR) is 159 cm³/mol. The Balaban J connectivity index is 1.95. The second-order valence-electron chi connectivity index (χ2n) is 14.3. The third-order valence-electron chi connectivity index (χ3n) is 10.8. The molecule has 6 nitrogen and oxygen atoms in total. The van der Waals surface area contributed by atoms with Crippen LogP contribution in [0.15, 0.2) is 53.3 Å². The molecule has 4 rings (SSSR count). The number of ether oxygens (including phenoxy) is 2. The minimum atomic E-state index is -2.26. The van der Waals surface area contributed by atoms with Crippen LogP contribution >= 0.6 is 0 Å². The highest BCUT2D eigenvalue weighted by Gasteiger charge is 2.66. The molecule has 2 bridgehead atoms. The lowest BCUT2D eigenvalue weighted by atomic mass is 9.50. The molecule has 1 saturated carbocycles. The number of ketones is 1. The molecule has 40 heavy (non-hydrogen) atoms. The fraction of sp³-hybridized carbons (Fsp3) is 0.636. The monoisotopic (exact) mass is 568 g/mol. The molecule has 0 saturated heterocycles. The zero-order chi connectivity index (χ0) is 29.9. The Hall–Kier alpha value is -2.22. The largest absolute Gasteiger partial charge is 0.501 e. The van der Waals surface area contributed by atoms with Gasteiger partial charge in [-0.1, -0.05) is 65.3 Å². The molecule has 0 aromatic heterocycles. The van der Waals surface area contributed by atoms with Crippen LogP contribution in [0.1, 0.15) is 84.5 Å². The summed E-state index contributed by atoms with van der Waals surface area (Å²) in [5, 5.41) is 13.0. The number of benzene rings is 1. The molecule has 0 spiro atoms. The zero-order valence-corrected chi connectivity index (χ0v) is 27.0. The molecule has 0 radical (unpaired) electrons. The molecule has 0 amide bonds. The van der Waals surface area contributed by atoms with Crippen LogP contribution in [0.3, 0.4) is 0 Å². The Bertz CT molecular complexity index is 1220. The number of fused-ring (bicyclic) bond motifs is 3. The first-order valence-corrected chi connectivity index (χ1v) is 17.5. The van der Waals surface area contributed by atoms with E-state index in [1.807, 2.05) is 32.9 Å². The maximum absolute atomic E-state index is 14.3. The lowest BCUT2D eigenvalue weighted by Gasteiger charge is -2.59. The summed E-state index contributed by atoms with van der Waals surface area (Å²) in [7, 11) is -0.669. The van der Waals surface area contributed by atoms with Crippen molar-refractivity contribution in [2.45, 2.75) is 110 Å². The van der Waals surface area contributed by atoms with Gasteiger partial charge < -0.3 is 19.0 Å². The van der Waals surface area contributed by atoms with Gasteiger partial charge in [0.25, 0.3) is 0 Å². The van der Waals surface area contributed by atoms with Crippen LogP contribution in [0.25, 0.3) is 0 Å². The quantitative estimate of drug-likeness (QED) is 0.234. The number of hydrogen-bond acceptors (Lipinski definition) is 6. The van der Waals surface area contributed by atoms with Crippen molar-refractivity contribution in [3.63, 3.8) is 0 Å². The maximum atomic E-state index is 14.3. The lowest BCUT2D eigenvalue weighted by Crippen LogP contribution is -2.67. The minimum Gasteiger partial charge on any atom is -0.501 e. The predicted octanol–water partition coefficient (Wildman–Crippen LogP) is 7.00. The van der Waals surface area contributed by atoms with Gasteiger partial charge in [0, 0.05) is 23.7 Å². The summed E-state index contributed by atoms with van der Waals surface area (Å²) in [6, 6.07) is 8.83. The molecule has 0 unspecified atom stereocenters. The number of carbonyl (C=O) groups is 2. The highest BCUT2D eigenvalue weighted by atomic mass is 28.4. The minimum absolute atomic E-state index is 0.0432. The summed E-state index contributed by atoms with van der Waals surface area (Å²) in [5.41, 5.74) is -0.953. The third-order valence-corrected chi connectivity index (χ3v) is 15.3. The van der Waals surface area contributed by atoms with Crippen LogP contribution in [0.2, 0.25) is 18.1 Å². The summed E-state index contributed by atoms with van der Waals surface area (Å²) in [5.74, 6) is -0.489. The van der Waals surface area contributed by atoms with E-state index in [9.17, 15) is 14.7 Å². The van der Waals surface area contributed by atoms with Crippen LogP contribution in [0.4, 0.5) is 0 Å². The number of allylic oxidation sites excluding steroid dienone is 1. The van der Waals surface area contributed by atoms with Gasteiger partial charge >= 0.3 is 5.97 Å². The Morgan fingerprint density at radius 2 is 1.73 bits per heavy atom. The van der Waals surface area contributed by atoms with E-state index < -0.39 is 48.8 Å². The number of Topliss-reactive ketones (excluding diaryl/α,β-unsaturated/α-hetero) is 1. The summed E-state index contributed by atoms with van der Waals surface area (Å²) in [6.07, 6.45) is 2.30. The van der Waals surface area contributed by atoms with Gasteiger partial charge in [0.15, 0.2) is 8.32 Å². The first kappa shape index (κ1) is 30.7. The Labute approximate surface area is 241 Å². The summed E-state index contributed by atoms with van der Waals surface area (Å²) in [6.45, 7) is 18.9. The van der Waals surface area contributed by atoms with Crippen LogP contribution in [-0.2, 0) is 18.7 Å². The van der Waals surface area contributed by atoms with E-state index in [1.165, 1.54) is 0 Å². The molecule has 1 aromatic rings. The van der Waals surface area contributed by atoms with Crippen molar-refractivity contribution >= 4 is 20.1 Å². The molecule has 7 heteroatoms. The molecule has 1 fully saturated rings. The van der Waals surface area contributed by atoms with E-state index in [0.29, 0.717) is 24.2 Å². The molecule has 1 N–H and O–H groups in total. The summed E-state index contributed by atoms with van der Waals surface area (Å²) < 4.78 is 19.2. The number of methoxy groups -OCH3 is 1. The molecule has 3 aliphatic carbocycles. The standard InChI is InChI=1S/C33H48O6Si/c1-21-23-19-26(34)32(7)18-14-17-24(37-8)27(32)28(38-29(35)22-15-12-11-13-16-22)33(36,31(23,5)6)20-25(21)39-40(9,10)30(2,3)4/h11-13,15-17,25,27-28,36H,14,18-20H2,1-10H3/t25-,27+,28-,32-,33+/m0/s1. The van der Waals surface area contributed by atoms with Crippen molar-refractivity contribution in [3.8, 4) is 0 Å². The van der Waals surface area contributed by atoms with Crippen LogP contribution in [-0.4, -0.2) is 50.1 Å². The van der Waals surface area contributed by atoms with Crippen molar-refractivity contribution in [3.05, 3.63) is 58.9 Å². The molecule has 220 valence electrons. The highest BCUT2D eigenvalue weighted by molar-refractivity contribution is 6.74. The van der Waals surface area contributed by atoms with Crippen molar-refractivity contribution < 1.29 is 28.6 Å². The van der Waals surface area contributed by atoms with Crippen LogP contribution in [0, 0.1) is 16.7 Å². The van der Waals surface area contributed by atoms with Gasteiger partial charge in [0.05, 0.1) is 30.5 Å². The molecule has 0 aliphatic heterocycles. The first-order valence-electron chi connectivity index (χ1n) is 14.5. The smallest absolute Gasteiger partial charge is 0.338 e. The Morgan fingerprint density at radius 1 is 1.10 bits per heavy atom. The number of aliphatic hydroxyl groups is 1. The number of rotatable bonds is 5. The van der Waals surface area contributed by atoms with Gasteiger partial charge in [-0.15, -0.1) is 0 Å². The molecule has 3 aliphatic rings. The van der Waals surface area contributed by atoms with E-state index in [-0.39, 0.29) is 23.7 Å². The Kier molecular flexibility index (Phi) is 7.87. The number of carbonyl (C=O) groups excluding carboxylic acids is 2. The third kappa shape index (κ3) is 4.82. The van der Waals surface area contributed by atoms with Crippen molar-refractivity contribution in [1.29, 1.82) is 0 Å². The van der Waals surface area contributed by atoms with E-state index >= 15 is 0 Å². The highest BCUT2D eigenvalue weighted by Crippen LogP contribution is 2.60. The fourth-order valence-corrected chi connectivity index (χ4v) is 8.14. The van der Waals surface area contributed by atoms with E-state index in [1.54, 1.807) is 31.4 Å². The van der Waals surface area contributed by atoms with Crippen molar-refractivity contribution in [1.82, 2.24) is 0 Å². The van der Waals surface area contributed by atoms with Crippen molar-refractivity contribution in [2.24, 2.45) is 16.7 Å². The topological polar surface area (TPSA) is 82.1 Å². The van der Waals surface area contributed by atoms with E-state index in [2.05, 4.69) is 40.8 Å². The van der Waals surface area contributed by atoms with Crippen molar-refractivity contribution in [2.75, 3.05) is 7.11 Å². The molecule has 5 atom stereocenters. The van der Waals surface area contributed by atoms with Gasteiger partial charge in [-0.3, -0.25) is 4.79 Å². The van der Waals surface area contributed by atoms with E-state index in [0.717, 1.165) is 11.1 Å². The zero-order valence-electron chi connectivity index (χ0n) is 26.0. The van der Waals surface area contributed by atoms with E-state index in [4.69, 9.17) is 13.9 Å². The summed E-state index contributed by atoms with van der Waals surface area (Å²) in [4.78, 5) is 28.0. The normalized spacial score (nSPS) is 32.4. The van der Waals surface area contributed by atoms with Gasteiger partial charge in [-0.25, -0.2) is 4.79 Å². The lowest BCUT2D eigenvalue weighted by molar-refractivity contribution is -0.198. The number of esters is 1. The van der Waals surface area contributed by atoms with Gasteiger partial charge in [0.2, 0.25) is 0 Å². The second-order valence-corrected chi connectivity index (χ2v) is 19.1. The SMILES string of the molecule is COC1=CCC[C@@]2(C)C(=O)CC3=C(C)[C@@H](O[Si](C)(C)C(C)(C)C)C[C@@](O)([C@@H](OC(=O)c4ccccc4)[C@@H]12)C3(C)C. The average Bonchev–Trinajstić information content (AvgIpc) is 2.87. The van der Waals surface area contributed by atoms with Gasteiger partial charge in [-0.2, -0.15) is 0 Å². The summed E-state index contributed by atoms with van der Waals surface area (Å²) >= 11 is 0. The average molecular weight is 569 g/mol. The molecule has 0 heterocycles. The van der Waals surface area contributed by atoms with Gasteiger partial charge in [0.1, 0.15) is 17.5 Å².